The van der Waals surface area contributed by atoms with Gasteiger partial charge in [-0.1, -0.05) is 19.3 Å². The van der Waals surface area contributed by atoms with E-state index in [1.54, 1.807) is 12.1 Å². The van der Waals surface area contributed by atoms with Crippen LogP contribution in [0.4, 0.5) is 11.4 Å². The quantitative estimate of drug-likeness (QED) is 0.585. The summed E-state index contributed by atoms with van der Waals surface area (Å²) in [5.41, 5.74) is 2.79. The first-order chi connectivity index (χ1) is 15.5. The highest BCUT2D eigenvalue weighted by molar-refractivity contribution is 7.98. The zero-order valence-electron chi connectivity index (χ0n) is 19.0. The Kier molecular flexibility index (Phi) is 6.36. The zero-order valence-corrected chi connectivity index (χ0v) is 19.9. The predicted octanol–water partition coefficient (Wildman–Crippen LogP) is 3.74. The van der Waals surface area contributed by atoms with Gasteiger partial charge in [0.2, 0.25) is 5.91 Å². The minimum Gasteiger partial charge on any atom is -0.349 e. The molecule has 0 unspecified atom stereocenters. The SMILES string of the molecule is CN1CCC(NC(=O)c2cc(NSN3CCCCC3)cc3c2NC(=O)C32CCCC2)CC1. The first kappa shape index (κ1) is 22.0. The number of carbonyl (C=O) groups excluding carboxylic acids is 2. The number of amides is 2. The van der Waals surface area contributed by atoms with E-state index in [4.69, 9.17) is 0 Å². The molecule has 7 nitrogen and oxygen atoms in total. The van der Waals surface area contributed by atoms with Gasteiger partial charge < -0.3 is 20.3 Å². The third-order valence-corrected chi connectivity index (χ3v) is 8.64. The van der Waals surface area contributed by atoms with E-state index < -0.39 is 5.41 Å². The summed E-state index contributed by atoms with van der Waals surface area (Å²) in [7, 11) is 2.12. The molecule has 0 aromatic heterocycles. The van der Waals surface area contributed by atoms with Crippen LogP contribution < -0.4 is 15.4 Å². The van der Waals surface area contributed by atoms with Gasteiger partial charge in [-0.15, -0.1) is 0 Å². The molecule has 3 N–H and O–H groups in total. The number of rotatable bonds is 5. The number of hydrogen-bond donors (Lipinski definition) is 3. The second-order valence-electron chi connectivity index (χ2n) is 9.92. The highest BCUT2D eigenvalue weighted by atomic mass is 32.2. The molecule has 1 aromatic carbocycles. The van der Waals surface area contributed by atoms with E-state index in [0.717, 1.165) is 81.6 Å². The smallest absolute Gasteiger partial charge is 0.253 e. The van der Waals surface area contributed by atoms with E-state index in [1.807, 2.05) is 6.07 Å². The predicted molar refractivity (Wildman–Crippen MR) is 130 cm³/mol. The highest BCUT2D eigenvalue weighted by Gasteiger charge is 2.49. The molecule has 1 spiro atoms. The average Bonchev–Trinajstić information content (AvgIpc) is 3.41. The molecule has 0 bridgehead atoms. The van der Waals surface area contributed by atoms with Crippen molar-refractivity contribution in [2.75, 3.05) is 43.3 Å². The molecule has 4 aliphatic rings. The van der Waals surface area contributed by atoms with Gasteiger partial charge in [0.1, 0.15) is 0 Å². The molecule has 3 fully saturated rings. The molecule has 0 radical (unpaired) electrons. The van der Waals surface area contributed by atoms with Gasteiger partial charge in [0, 0.05) is 37.0 Å². The fourth-order valence-corrected chi connectivity index (χ4v) is 6.51. The Balaban J connectivity index is 1.41. The summed E-state index contributed by atoms with van der Waals surface area (Å²) in [4.78, 5) is 28.8. The van der Waals surface area contributed by atoms with Gasteiger partial charge in [-0.05, 0) is 76.4 Å². The number of benzene rings is 1. The minimum atomic E-state index is -0.467. The van der Waals surface area contributed by atoms with Gasteiger partial charge in [-0.3, -0.25) is 9.59 Å². The Morgan fingerprint density at radius 2 is 1.78 bits per heavy atom. The molecular formula is C24H35N5O2S. The van der Waals surface area contributed by atoms with Crippen LogP contribution in [0.3, 0.4) is 0 Å². The normalized spacial score (nSPS) is 23.8. The van der Waals surface area contributed by atoms with Crippen molar-refractivity contribution in [1.29, 1.82) is 0 Å². The van der Waals surface area contributed by atoms with Crippen LogP contribution in [0.1, 0.15) is 73.7 Å². The monoisotopic (exact) mass is 457 g/mol. The number of hydrogen-bond acceptors (Lipinski definition) is 6. The van der Waals surface area contributed by atoms with Crippen LogP contribution in [0.5, 0.6) is 0 Å². The molecule has 1 aliphatic carbocycles. The van der Waals surface area contributed by atoms with Gasteiger partial charge in [-0.25, -0.2) is 4.31 Å². The maximum absolute atomic E-state index is 13.4. The summed E-state index contributed by atoms with van der Waals surface area (Å²) in [6.45, 7) is 4.15. The number of fused-ring (bicyclic) bond motifs is 2. The van der Waals surface area contributed by atoms with Crippen LogP contribution >= 0.6 is 12.1 Å². The Hall–Kier alpha value is -1.77. The van der Waals surface area contributed by atoms with Crippen molar-refractivity contribution in [3.05, 3.63) is 23.3 Å². The number of carbonyl (C=O) groups is 2. The molecule has 2 saturated heterocycles. The van der Waals surface area contributed by atoms with Crippen LogP contribution in [-0.2, 0) is 10.2 Å². The largest absolute Gasteiger partial charge is 0.349 e. The summed E-state index contributed by atoms with van der Waals surface area (Å²) in [5, 5.41) is 6.35. The van der Waals surface area contributed by atoms with Gasteiger partial charge in [0.05, 0.1) is 16.7 Å². The molecule has 5 rings (SSSR count). The number of nitrogens with zero attached hydrogens (tertiary/aromatic N) is 2. The minimum absolute atomic E-state index is 0.0687. The van der Waals surface area contributed by atoms with E-state index in [1.165, 1.54) is 19.3 Å². The third kappa shape index (κ3) is 4.24. The molecule has 8 heteroatoms. The molecule has 1 aromatic rings. The van der Waals surface area contributed by atoms with Crippen LogP contribution in [0.2, 0.25) is 0 Å². The number of piperidine rings is 2. The summed E-state index contributed by atoms with van der Waals surface area (Å²) >= 11 is 1.62. The topological polar surface area (TPSA) is 76.7 Å². The van der Waals surface area contributed by atoms with Crippen molar-refractivity contribution >= 4 is 35.3 Å². The lowest BCUT2D eigenvalue weighted by Crippen LogP contribution is -2.43. The van der Waals surface area contributed by atoms with E-state index >= 15 is 0 Å². The van der Waals surface area contributed by atoms with Crippen molar-refractivity contribution in [2.45, 2.75) is 69.2 Å². The van der Waals surface area contributed by atoms with Crippen molar-refractivity contribution in [3.8, 4) is 0 Å². The van der Waals surface area contributed by atoms with Crippen LogP contribution in [0.15, 0.2) is 12.1 Å². The standard InChI is InChI=1S/C24H35N5O2S/c1-28-13-7-17(8-14-28)25-22(30)19-15-18(27-32-29-11-5-2-6-12-29)16-20-21(19)26-23(31)24(20)9-3-4-10-24/h15-17,27H,2-14H2,1H3,(H,25,30)(H,26,31). The molecular weight excluding hydrogens is 422 g/mol. The van der Waals surface area contributed by atoms with Crippen LogP contribution in [0, 0.1) is 0 Å². The summed E-state index contributed by atoms with van der Waals surface area (Å²) in [6, 6.07) is 4.22. The lowest BCUT2D eigenvalue weighted by Gasteiger charge is -2.30. The van der Waals surface area contributed by atoms with Gasteiger partial charge in [0.25, 0.3) is 5.91 Å². The first-order valence-electron chi connectivity index (χ1n) is 12.2. The summed E-state index contributed by atoms with van der Waals surface area (Å²) in [6.07, 6.45) is 9.53. The fourth-order valence-electron chi connectivity index (χ4n) is 5.71. The molecule has 0 atom stereocenters. The Morgan fingerprint density at radius 3 is 2.50 bits per heavy atom. The summed E-state index contributed by atoms with van der Waals surface area (Å²) in [5.74, 6) is -0.00283. The number of anilines is 2. The first-order valence-corrected chi connectivity index (χ1v) is 13.0. The molecule has 174 valence electrons. The van der Waals surface area contributed by atoms with E-state index in [-0.39, 0.29) is 17.9 Å². The van der Waals surface area contributed by atoms with Crippen molar-refractivity contribution in [1.82, 2.24) is 14.5 Å². The zero-order chi connectivity index (χ0) is 22.1. The molecule has 3 aliphatic heterocycles. The fraction of sp³-hybridized carbons (Fsp3) is 0.667. The lowest BCUT2D eigenvalue weighted by molar-refractivity contribution is -0.120. The Bertz CT molecular complexity index is 871. The molecule has 32 heavy (non-hydrogen) atoms. The molecule has 2 amide bonds. The second kappa shape index (κ2) is 9.23. The number of nitrogens with one attached hydrogen (secondary N) is 3. The maximum atomic E-state index is 13.4. The second-order valence-corrected chi connectivity index (χ2v) is 10.8. The summed E-state index contributed by atoms with van der Waals surface area (Å²) < 4.78 is 5.84. The van der Waals surface area contributed by atoms with E-state index in [2.05, 4.69) is 37.7 Å². The third-order valence-electron chi connectivity index (χ3n) is 7.69. The van der Waals surface area contributed by atoms with Crippen molar-refractivity contribution in [2.24, 2.45) is 0 Å². The Morgan fingerprint density at radius 1 is 1.06 bits per heavy atom. The highest BCUT2D eigenvalue weighted by Crippen LogP contribution is 2.51. The maximum Gasteiger partial charge on any atom is 0.253 e. The van der Waals surface area contributed by atoms with Gasteiger partial charge >= 0.3 is 0 Å². The lowest BCUT2D eigenvalue weighted by atomic mass is 9.79. The number of likely N-dealkylation sites (tertiary alicyclic amines) is 1. The van der Waals surface area contributed by atoms with Crippen LogP contribution in [-0.4, -0.2) is 60.3 Å². The van der Waals surface area contributed by atoms with Crippen molar-refractivity contribution in [3.63, 3.8) is 0 Å². The van der Waals surface area contributed by atoms with E-state index in [9.17, 15) is 9.59 Å². The van der Waals surface area contributed by atoms with Crippen molar-refractivity contribution < 1.29 is 9.59 Å². The molecule has 3 heterocycles. The average molecular weight is 458 g/mol. The Labute approximate surface area is 195 Å². The molecule has 1 saturated carbocycles. The van der Waals surface area contributed by atoms with E-state index in [0.29, 0.717) is 5.56 Å². The van der Waals surface area contributed by atoms with Gasteiger partial charge in [-0.2, -0.15) is 0 Å². The van der Waals surface area contributed by atoms with Gasteiger partial charge in [0.15, 0.2) is 0 Å². The van der Waals surface area contributed by atoms with Crippen LogP contribution in [0.25, 0.3) is 0 Å².